The third kappa shape index (κ3) is 4.43. The van der Waals surface area contributed by atoms with E-state index in [0.29, 0.717) is 16.3 Å². The molecule has 1 N–H and O–H groups in total. The second-order valence-corrected chi connectivity index (χ2v) is 7.05. The van der Waals surface area contributed by atoms with Gasteiger partial charge in [0.1, 0.15) is 0 Å². The van der Waals surface area contributed by atoms with Gasteiger partial charge in [-0.05, 0) is 52.3 Å². The highest BCUT2D eigenvalue weighted by Crippen LogP contribution is 2.25. The Morgan fingerprint density at radius 3 is 2.73 bits per heavy atom. The molecule has 2 aromatic rings. The van der Waals surface area contributed by atoms with Gasteiger partial charge in [0.05, 0.1) is 27.2 Å². The Bertz CT molecular complexity index is 742. The highest BCUT2D eigenvalue weighted by molar-refractivity contribution is 9.11. The lowest BCUT2D eigenvalue weighted by atomic mass is 10.2. The SMILES string of the molecule is COC(=O)c1ccc(Cl)c(NC(=O)/C=C/c2ccc(Br)s2)c1. The fraction of sp³-hybridized carbons (Fsp3) is 0.0667. The first-order valence-electron chi connectivity index (χ1n) is 6.12. The fourth-order valence-corrected chi connectivity index (χ4v) is 3.11. The van der Waals surface area contributed by atoms with Crippen LogP contribution in [0.4, 0.5) is 5.69 Å². The maximum Gasteiger partial charge on any atom is 0.337 e. The van der Waals surface area contributed by atoms with Crippen LogP contribution in [0.1, 0.15) is 15.2 Å². The maximum atomic E-state index is 11.9. The molecule has 2 rings (SSSR count). The average Bonchev–Trinajstić information content (AvgIpc) is 2.92. The van der Waals surface area contributed by atoms with E-state index in [0.717, 1.165) is 8.66 Å². The zero-order chi connectivity index (χ0) is 16.1. The summed E-state index contributed by atoms with van der Waals surface area (Å²) in [6.45, 7) is 0. The number of hydrogen-bond donors (Lipinski definition) is 1. The van der Waals surface area contributed by atoms with Gasteiger partial charge >= 0.3 is 5.97 Å². The maximum absolute atomic E-state index is 11.9. The van der Waals surface area contributed by atoms with E-state index in [2.05, 4.69) is 26.0 Å². The van der Waals surface area contributed by atoms with Gasteiger partial charge in [-0.25, -0.2) is 4.79 Å². The van der Waals surface area contributed by atoms with Gasteiger partial charge < -0.3 is 10.1 Å². The van der Waals surface area contributed by atoms with Crippen LogP contribution in [0.5, 0.6) is 0 Å². The second-order valence-electron chi connectivity index (χ2n) is 4.15. The van der Waals surface area contributed by atoms with Crippen LogP contribution in [0, 0.1) is 0 Å². The molecule has 114 valence electrons. The normalized spacial score (nSPS) is 10.7. The van der Waals surface area contributed by atoms with Crippen molar-refractivity contribution >= 4 is 62.5 Å². The van der Waals surface area contributed by atoms with Gasteiger partial charge in [-0.3, -0.25) is 4.79 Å². The molecular weight excluding hydrogens is 390 g/mol. The Balaban J connectivity index is 2.10. The van der Waals surface area contributed by atoms with Crippen LogP contribution >= 0.6 is 38.9 Å². The molecule has 0 saturated carbocycles. The van der Waals surface area contributed by atoms with Crippen molar-refractivity contribution in [1.29, 1.82) is 0 Å². The number of hydrogen-bond acceptors (Lipinski definition) is 4. The van der Waals surface area contributed by atoms with E-state index in [1.165, 1.54) is 42.7 Å². The molecule has 0 atom stereocenters. The number of nitrogens with one attached hydrogen (secondary N) is 1. The highest BCUT2D eigenvalue weighted by Gasteiger charge is 2.10. The molecule has 0 aliphatic rings. The summed E-state index contributed by atoms with van der Waals surface area (Å²) in [7, 11) is 1.29. The van der Waals surface area contributed by atoms with Crippen LogP contribution in [0.2, 0.25) is 5.02 Å². The molecule has 4 nitrogen and oxygen atoms in total. The van der Waals surface area contributed by atoms with Crippen molar-refractivity contribution in [2.24, 2.45) is 0 Å². The zero-order valence-electron chi connectivity index (χ0n) is 11.4. The molecule has 0 bridgehead atoms. The van der Waals surface area contributed by atoms with Crippen LogP contribution in [-0.4, -0.2) is 19.0 Å². The summed E-state index contributed by atoms with van der Waals surface area (Å²) in [4.78, 5) is 24.3. The predicted octanol–water partition coefficient (Wildman–Crippen LogP) is 4.60. The lowest BCUT2D eigenvalue weighted by Crippen LogP contribution is -2.09. The predicted molar refractivity (Wildman–Crippen MR) is 92.5 cm³/mol. The minimum Gasteiger partial charge on any atom is -0.465 e. The molecule has 0 saturated heterocycles. The molecule has 0 spiro atoms. The van der Waals surface area contributed by atoms with E-state index in [9.17, 15) is 9.59 Å². The van der Waals surface area contributed by atoms with Crippen molar-refractivity contribution in [3.05, 3.63) is 55.7 Å². The number of methoxy groups -OCH3 is 1. The van der Waals surface area contributed by atoms with Crippen LogP contribution in [-0.2, 0) is 9.53 Å². The first kappa shape index (κ1) is 16.7. The molecule has 0 aliphatic heterocycles. The summed E-state index contributed by atoms with van der Waals surface area (Å²) in [5.74, 6) is -0.834. The lowest BCUT2D eigenvalue weighted by Gasteiger charge is -2.07. The van der Waals surface area contributed by atoms with Crippen molar-refractivity contribution in [3.8, 4) is 0 Å². The van der Waals surface area contributed by atoms with Gasteiger partial charge in [-0.1, -0.05) is 11.6 Å². The molecule has 0 fully saturated rings. The average molecular weight is 401 g/mol. The minimum absolute atomic E-state index is 0.313. The van der Waals surface area contributed by atoms with Crippen molar-refractivity contribution < 1.29 is 14.3 Å². The molecular formula is C15H11BrClNO3S. The quantitative estimate of drug-likeness (QED) is 0.602. The van der Waals surface area contributed by atoms with Gasteiger partial charge in [-0.2, -0.15) is 0 Å². The fourth-order valence-electron chi connectivity index (χ4n) is 1.62. The monoisotopic (exact) mass is 399 g/mol. The number of anilines is 1. The molecule has 1 aromatic heterocycles. The Kier molecular flexibility index (Phi) is 5.76. The molecule has 0 radical (unpaired) electrons. The number of amides is 1. The largest absolute Gasteiger partial charge is 0.465 e. The summed E-state index contributed by atoms with van der Waals surface area (Å²) in [6, 6.07) is 8.33. The first-order valence-corrected chi connectivity index (χ1v) is 8.10. The number of esters is 1. The van der Waals surface area contributed by atoms with Crippen LogP contribution in [0.25, 0.3) is 6.08 Å². The summed E-state index contributed by atoms with van der Waals surface area (Å²) >= 11 is 10.9. The summed E-state index contributed by atoms with van der Waals surface area (Å²) in [5.41, 5.74) is 0.667. The van der Waals surface area contributed by atoms with Gasteiger partial charge in [0.25, 0.3) is 0 Å². The van der Waals surface area contributed by atoms with Crippen molar-refractivity contribution in [2.45, 2.75) is 0 Å². The Labute approximate surface area is 144 Å². The number of ether oxygens (including phenoxy) is 1. The number of rotatable bonds is 4. The summed E-state index contributed by atoms with van der Waals surface area (Å²) in [6.07, 6.45) is 3.10. The van der Waals surface area contributed by atoms with E-state index >= 15 is 0 Å². The number of benzene rings is 1. The van der Waals surface area contributed by atoms with E-state index in [4.69, 9.17) is 11.6 Å². The number of thiophene rings is 1. The van der Waals surface area contributed by atoms with E-state index in [1.54, 1.807) is 6.08 Å². The van der Waals surface area contributed by atoms with Gasteiger partial charge in [0.2, 0.25) is 5.91 Å². The van der Waals surface area contributed by atoms with Crippen molar-refractivity contribution in [3.63, 3.8) is 0 Å². The number of carbonyl (C=O) groups is 2. The number of carbonyl (C=O) groups excluding carboxylic acids is 2. The standard InChI is InChI=1S/C15H11BrClNO3S/c1-21-15(20)9-2-5-11(17)12(8-9)18-14(19)7-4-10-3-6-13(16)22-10/h2-8H,1H3,(H,18,19)/b7-4+. The van der Waals surface area contributed by atoms with Crippen LogP contribution in [0.3, 0.4) is 0 Å². The minimum atomic E-state index is -0.494. The van der Waals surface area contributed by atoms with Gasteiger partial charge in [0.15, 0.2) is 0 Å². The van der Waals surface area contributed by atoms with E-state index in [1.807, 2.05) is 12.1 Å². The van der Waals surface area contributed by atoms with Crippen molar-refractivity contribution in [1.82, 2.24) is 0 Å². The summed E-state index contributed by atoms with van der Waals surface area (Å²) < 4.78 is 5.62. The van der Waals surface area contributed by atoms with Gasteiger partial charge in [-0.15, -0.1) is 11.3 Å². The van der Waals surface area contributed by atoms with Crippen LogP contribution in [0.15, 0.2) is 40.2 Å². The van der Waals surface area contributed by atoms with E-state index in [-0.39, 0.29) is 5.91 Å². The molecule has 1 heterocycles. The smallest absolute Gasteiger partial charge is 0.337 e. The first-order chi connectivity index (χ1) is 10.5. The molecule has 0 unspecified atom stereocenters. The molecule has 7 heteroatoms. The summed E-state index contributed by atoms with van der Waals surface area (Å²) in [5, 5.41) is 2.98. The Morgan fingerprint density at radius 2 is 2.09 bits per heavy atom. The topological polar surface area (TPSA) is 55.4 Å². The third-order valence-corrected chi connectivity index (χ3v) is 4.56. The Hall–Kier alpha value is -1.63. The second kappa shape index (κ2) is 7.58. The third-order valence-electron chi connectivity index (χ3n) is 2.64. The highest BCUT2D eigenvalue weighted by atomic mass is 79.9. The van der Waals surface area contributed by atoms with E-state index < -0.39 is 5.97 Å². The molecule has 1 aromatic carbocycles. The molecule has 1 amide bonds. The Morgan fingerprint density at radius 1 is 1.32 bits per heavy atom. The van der Waals surface area contributed by atoms with Crippen LogP contribution < -0.4 is 5.32 Å². The molecule has 22 heavy (non-hydrogen) atoms. The van der Waals surface area contributed by atoms with Crippen molar-refractivity contribution in [2.75, 3.05) is 12.4 Å². The number of halogens is 2. The van der Waals surface area contributed by atoms with Gasteiger partial charge in [0, 0.05) is 11.0 Å². The lowest BCUT2D eigenvalue weighted by molar-refractivity contribution is -0.111. The zero-order valence-corrected chi connectivity index (χ0v) is 14.6. The molecule has 0 aliphatic carbocycles.